The number of Topliss-reactive ketones (excluding diaryl/α,β-unsaturated/α-hetero) is 1. The Morgan fingerprint density at radius 1 is 1.18 bits per heavy atom. The Morgan fingerprint density at radius 2 is 1.89 bits per heavy atom. The number of carbonyl (C=O) groups excluding carboxylic acids is 4. The Balaban J connectivity index is 1.77. The smallest absolute Gasteiger partial charge is 0.458 e. The number of halogens is 1. The summed E-state index contributed by atoms with van der Waals surface area (Å²) in [4.78, 5) is 50.3. The number of ether oxygens (including phenoxy) is 3. The third kappa shape index (κ3) is 3.95. The van der Waals surface area contributed by atoms with Gasteiger partial charge in [-0.05, 0) is 57.1 Å². The van der Waals surface area contributed by atoms with Crippen LogP contribution in [-0.4, -0.2) is 59.4 Å². The van der Waals surface area contributed by atoms with Crippen molar-refractivity contribution in [1.82, 2.24) is 0 Å². The number of rotatable bonds is 7. The second kappa shape index (κ2) is 9.88. The predicted octanol–water partition coefficient (Wildman–Crippen LogP) is 4.43. The predicted molar refractivity (Wildman–Crippen MR) is 135 cm³/mol. The summed E-state index contributed by atoms with van der Waals surface area (Å²) in [6, 6.07) is 0. The van der Waals surface area contributed by atoms with Gasteiger partial charge in [0.15, 0.2) is 23.7 Å². The van der Waals surface area contributed by atoms with Crippen molar-refractivity contribution in [3.05, 3.63) is 23.8 Å². The topological polar surface area (TPSA) is 116 Å². The van der Waals surface area contributed by atoms with E-state index in [9.17, 15) is 24.3 Å². The molecule has 0 radical (unpaired) electrons. The molecule has 0 heterocycles. The molecule has 0 bridgehead atoms. The van der Waals surface area contributed by atoms with Crippen LogP contribution >= 0.6 is 0 Å². The van der Waals surface area contributed by atoms with Crippen molar-refractivity contribution in [3.63, 3.8) is 0 Å². The number of allylic oxidation sites excluding steroid dienone is 4. The Hall–Kier alpha value is -2.55. The summed E-state index contributed by atoms with van der Waals surface area (Å²) >= 11 is 0. The van der Waals surface area contributed by atoms with E-state index in [0.717, 1.165) is 6.42 Å². The SMILES string of the molecule is CCCCOC(=O)O[C@]1(C(=O)COC(C)=O)[C@H](C)C[C@H]2[C@@H]3CCC4=CC(=O)C=C[C@]4(C)[C@@]3(F)[C@@H](O)C[C@@]21C. The van der Waals surface area contributed by atoms with Crippen molar-refractivity contribution in [2.75, 3.05) is 13.2 Å². The first kappa shape index (κ1) is 28.5. The summed E-state index contributed by atoms with van der Waals surface area (Å²) in [6.45, 7) is 7.90. The molecule has 0 aromatic heterocycles. The Labute approximate surface area is 223 Å². The zero-order valence-corrected chi connectivity index (χ0v) is 22.9. The van der Waals surface area contributed by atoms with Gasteiger partial charge in [0, 0.05) is 29.6 Å². The highest BCUT2D eigenvalue weighted by atomic mass is 19.1. The van der Waals surface area contributed by atoms with Crippen LogP contribution in [-0.2, 0) is 28.6 Å². The molecular formula is C29H39FO8. The van der Waals surface area contributed by atoms with Gasteiger partial charge in [-0.15, -0.1) is 0 Å². The number of aliphatic hydroxyl groups excluding tert-OH is 1. The molecular weight excluding hydrogens is 495 g/mol. The molecule has 4 aliphatic rings. The van der Waals surface area contributed by atoms with Crippen molar-refractivity contribution in [3.8, 4) is 0 Å². The lowest BCUT2D eigenvalue weighted by molar-refractivity contribution is -0.222. The summed E-state index contributed by atoms with van der Waals surface area (Å²) < 4.78 is 33.7. The van der Waals surface area contributed by atoms with Gasteiger partial charge in [-0.2, -0.15) is 0 Å². The molecule has 0 aromatic carbocycles. The second-order valence-corrected chi connectivity index (χ2v) is 11.9. The van der Waals surface area contributed by atoms with Crippen LogP contribution in [0, 0.1) is 28.6 Å². The lowest BCUT2D eigenvalue weighted by Gasteiger charge is -2.62. The quantitative estimate of drug-likeness (QED) is 0.377. The number of unbranched alkanes of at least 4 members (excludes halogenated alkanes) is 1. The molecule has 0 aromatic rings. The van der Waals surface area contributed by atoms with Crippen molar-refractivity contribution >= 4 is 23.7 Å². The number of carbonyl (C=O) groups is 4. The fourth-order valence-corrected chi connectivity index (χ4v) is 8.13. The maximum Gasteiger partial charge on any atom is 0.509 e. The van der Waals surface area contributed by atoms with E-state index in [1.54, 1.807) is 26.8 Å². The molecule has 3 saturated carbocycles. The van der Waals surface area contributed by atoms with E-state index in [1.165, 1.54) is 19.1 Å². The minimum absolute atomic E-state index is 0.120. The van der Waals surface area contributed by atoms with Gasteiger partial charge >= 0.3 is 12.1 Å². The first-order valence-corrected chi connectivity index (χ1v) is 13.6. The number of aliphatic hydroxyl groups is 1. The van der Waals surface area contributed by atoms with Crippen LogP contribution in [0.3, 0.4) is 0 Å². The van der Waals surface area contributed by atoms with Crippen LogP contribution in [0.1, 0.15) is 73.1 Å². The highest BCUT2D eigenvalue weighted by Gasteiger charge is 2.77. The largest absolute Gasteiger partial charge is 0.509 e. The van der Waals surface area contributed by atoms with Crippen LogP contribution in [0.25, 0.3) is 0 Å². The molecule has 3 fully saturated rings. The van der Waals surface area contributed by atoms with Crippen molar-refractivity contribution in [2.45, 2.75) is 90.5 Å². The lowest BCUT2D eigenvalue weighted by atomic mass is 9.44. The fourth-order valence-electron chi connectivity index (χ4n) is 8.13. The molecule has 8 atom stereocenters. The number of fused-ring (bicyclic) bond motifs is 5. The maximum atomic E-state index is 17.4. The number of ketones is 2. The average Bonchev–Trinajstić information content (AvgIpc) is 3.06. The molecule has 8 nitrogen and oxygen atoms in total. The van der Waals surface area contributed by atoms with Gasteiger partial charge in [-0.25, -0.2) is 9.18 Å². The monoisotopic (exact) mass is 534 g/mol. The Morgan fingerprint density at radius 3 is 2.55 bits per heavy atom. The van der Waals surface area contributed by atoms with Gasteiger partial charge in [-0.1, -0.05) is 38.8 Å². The number of hydrogen-bond donors (Lipinski definition) is 1. The Bertz CT molecular complexity index is 1080. The van der Waals surface area contributed by atoms with Crippen molar-refractivity contribution in [1.29, 1.82) is 0 Å². The molecule has 4 aliphatic carbocycles. The molecule has 0 saturated heterocycles. The van der Waals surface area contributed by atoms with Crippen molar-refractivity contribution < 1.29 is 42.9 Å². The van der Waals surface area contributed by atoms with Gasteiger partial charge in [-0.3, -0.25) is 14.4 Å². The van der Waals surface area contributed by atoms with Gasteiger partial charge in [0.05, 0.1) is 12.7 Å². The zero-order chi connectivity index (χ0) is 28.1. The molecule has 0 aliphatic heterocycles. The van der Waals surface area contributed by atoms with Gasteiger partial charge in [0.25, 0.3) is 0 Å². The van der Waals surface area contributed by atoms with Crippen LogP contribution in [0.2, 0.25) is 0 Å². The molecule has 38 heavy (non-hydrogen) atoms. The van der Waals surface area contributed by atoms with Crippen LogP contribution < -0.4 is 0 Å². The average molecular weight is 535 g/mol. The molecule has 0 unspecified atom stereocenters. The van der Waals surface area contributed by atoms with Crippen LogP contribution in [0.5, 0.6) is 0 Å². The highest BCUT2D eigenvalue weighted by molar-refractivity contribution is 6.01. The third-order valence-electron chi connectivity index (χ3n) is 9.96. The highest BCUT2D eigenvalue weighted by Crippen LogP contribution is 2.71. The molecule has 1 N–H and O–H groups in total. The first-order chi connectivity index (χ1) is 17.8. The van der Waals surface area contributed by atoms with Gasteiger partial charge in [0.1, 0.15) is 0 Å². The van der Waals surface area contributed by atoms with Crippen LogP contribution in [0.15, 0.2) is 23.8 Å². The first-order valence-electron chi connectivity index (χ1n) is 13.6. The third-order valence-corrected chi connectivity index (χ3v) is 9.96. The fraction of sp³-hybridized carbons (Fsp3) is 0.724. The minimum Gasteiger partial charge on any atom is -0.458 e. The van der Waals surface area contributed by atoms with E-state index in [0.29, 0.717) is 31.3 Å². The van der Waals surface area contributed by atoms with E-state index in [-0.39, 0.29) is 18.8 Å². The van der Waals surface area contributed by atoms with Gasteiger partial charge in [0.2, 0.25) is 5.78 Å². The maximum absolute atomic E-state index is 17.4. The number of alkyl halides is 1. The lowest BCUT2D eigenvalue weighted by Crippen LogP contribution is -2.70. The number of esters is 1. The summed E-state index contributed by atoms with van der Waals surface area (Å²) in [5.41, 5.74) is -5.55. The van der Waals surface area contributed by atoms with E-state index < -0.39 is 70.5 Å². The molecule has 0 amide bonds. The second-order valence-electron chi connectivity index (χ2n) is 11.9. The normalized spacial score (nSPS) is 41.3. The van der Waals surface area contributed by atoms with Crippen LogP contribution in [0.4, 0.5) is 9.18 Å². The zero-order valence-electron chi connectivity index (χ0n) is 22.9. The van der Waals surface area contributed by atoms with Crippen molar-refractivity contribution in [2.24, 2.45) is 28.6 Å². The summed E-state index contributed by atoms with van der Waals surface area (Å²) in [6.07, 6.45) is 4.35. The molecule has 9 heteroatoms. The molecule has 4 rings (SSSR count). The Kier molecular flexibility index (Phi) is 7.40. The summed E-state index contributed by atoms with van der Waals surface area (Å²) in [7, 11) is 0. The summed E-state index contributed by atoms with van der Waals surface area (Å²) in [5, 5.41) is 11.6. The molecule has 0 spiro atoms. The molecule has 210 valence electrons. The van der Waals surface area contributed by atoms with E-state index in [1.807, 2.05) is 6.92 Å². The van der Waals surface area contributed by atoms with Gasteiger partial charge < -0.3 is 19.3 Å². The standard InChI is InChI=1S/C29H39FO8/c1-6-7-12-36-25(35)38-29(24(34)16-37-18(3)31)17(2)13-22-21-9-8-19-14-20(32)10-11-26(19,4)28(21,30)23(33)15-27(22,29)5/h10-11,14,17,21-23,33H,6-9,12-13,15-16H2,1-5H3/t17-,21+,22+,23+,26+,27+,28+,29+/m1/s1. The summed E-state index contributed by atoms with van der Waals surface area (Å²) in [5.74, 6) is -3.11. The van der Waals surface area contributed by atoms with E-state index in [2.05, 4.69) is 0 Å². The van der Waals surface area contributed by atoms with E-state index >= 15 is 4.39 Å². The number of hydrogen-bond acceptors (Lipinski definition) is 8. The van der Waals surface area contributed by atoms with E-state index in [4.69, 9.17) is 14.2 Å². The minimum atomic E-state index is -2.09.